The molecule has 92 heavy (non-hydrogen) atoms. The summed E-state index contributed by atoms with van der Waals surface area (Å²) in [6.45, 7) is 28.4. The van der Waals surface area contributed by atoms with Gasteiger partial charge >= 0.3 is 0 Å². The number of hydrogen-bond donors (Lipinski definition) is 5. The molecule has 11 amide bonds. The van der Waals surface area contributed by atoms with Crippen molar-refractivity contribution in [2.45, 2.75) is 228 Å². The molecule has 25 nitrogen and oxygen atoms in total. The van der Waals surface area contributed by atoms with Crippen LogP contribution in [0, 0.1) is 41.4 Å². The van der Waals surface area contributed by atoms with E-state index < -0.39 is 161 Å². The molecule has 2 unspecified atom stereocenters. The summed E-state index contributed by atoms with van der Waals surface area (Å²) >= 11 is 0. The SMILES string of the molecule is C/C=C/C[C@@H](C)[C@@H](O)[C@H]1C(=O)N[C@@H](CC)C(=O)N(C)[C@H](CCCN(C)C)C(=O)N(C)[C@@H]([C@H](C)COC)C(=O)NC(C(C)C)C(=O)N(C)[C@@H](CC(C)C)C(=O)N[C@@H](C)C(=O)N[C@H](C)C(=O)N(C)[C@@H](CC(C)C)C(=O)N(C)[C@@H](CC(C)C)C(=O)N(C)C(C(C)C)C(=O)N1C. The molecule has 0 aromatic rings. The number of carbonyl (C=O) groups is 11. The highest BCUT2D eigenvalue weighted by molar-refractivity contribution is 6.00. The van der Waals surface area contributed by atoms with Gasteiger partial charge in [-0.2, -0.15) is 0 Å². The zero-order valence-electron chi connectivity index (χ0n) is 60.9. The number of rotatable bonds is 20. The van der Waals surface area contributed by atoms with Crippen molar-refractivity contribution in [1.29, 1.82) is 0 Å². The Morgan fingerprint density at radius 3 is 1.40 bits per heavy atom. The van der Waals surface area contributed by atoms with Crippen LogP contribution in [0.3, 0.4) is 0 Å². The van der Waals surface area contributed by atoms with E-state index in [4.69, 9.17) is 4.74 Å². The van der Waals surface area contributed by atoms with Crippen molar-refractivity contribution in [3.63, 3.8) is 0 Å². The molecule has 5 N–H and O–H groups in total. The van der Waals surface area contributed by atoms with Gasteiger partial charge in [-0.15, -0.1) is 0 Å². The third-order valence-electron chi connectivity index (χ3n) is 17.7. The minimum Gasteiger partial charge on any atom is -0.390 e. The van der Waals surface area contributed by atoms with E-state index in [1.54, 1.807) is 61.5 Å². The van der Waals surface area contributed by atoms with E-state index in [1.807, 2.05) is 66.6 Å². The quantitative estimate of drug-likeness (QED) is 0.110. The number of amides is 11. The highest BCUT2D eigenvalue weighted by atomic mass is 16.5. The van der Waals surface area contributed by atoms with E-state index in [2.05, 4.69) is 21.3 Å². The largest absolute Gasteiger partial charge is 0.390 e. The first-order valence-electron chi connectivity index (χ1n) is 33.1. The molecular formula is C67H122N12O13. The number of nitrogens with one attached hydrogen (secondary N) is 4. The second-order valence-electron chi connectivity index (χ2n) is 28.0. The Morgan fingerprint density at radius 1 is 0.500 bits per heavy atom. The fraction of sp³-hybridized carbons (Fsp3) is 0.806. The fourth-order valence-corrected chi connectivity index (χ4v) is 12.0. The summed E-state index contributed by atoms with van der Waals surface area (Å²) in [4.78, 5) is 174. The minimum absolute atomic E-state index is 0.00298. The first kappa shape index (κ1) is 83.8. The molecule has 1 rings (SSSR count). The minimum atomic E-state index is -1.64. The maximum Gasteiger partial charge on any atom is 0.246 e. The van der Waals surface area contributed by atoms with E-state index >= 15 is 28.8 Å². The van der Waals surface area contributed by atoms with Gasteiger partial charge in [0.25, 0.3) is 0 Å². The lowest BCUT2D eigenvalue weighted by Crippen LogP contribution is -2.64. The lowest BCUT2D eigenvalue weighted by atomic mass is 9.91. The lowest BCUT2D eigenvalue weighted by Gasteiger charge is -2.41. The molecule has 1 fully saturated rings. The number of aliphatic hydroxyl groups is 1. The summed E-state index contributed by atoms with van der Waals surface area (Å²) in [7, 11) is 15.2. The Bertz CT molecular complexity index is 2490. The molecule has 1 heterocycles. The van der Waals surface area contributed by atoms with E-state index in [9.17, 15) is 29.1 Å². The maximum atomic E-state index is 15.3. The summed E-state index contributed by atoms with van der Waals surface area (Å²) in [6.07, 6.45) is 3.31. The normalized spacial score (nSPS) is 26.9. The molecule has 528 valence electrons. The highest BCUT2D eigenvalue weighted by Crippen LogP contribution is 2.26. The van der Waals surface area contributed by atoms with Crippen molar-refractivity contribution in [2.75, 3.05) is 83.7 Å². The predicted octanol–water partition coefficient (Wildman–Crippen LogP) is 3.22. The molecule has 1 aliphatic heterocycles. The van der Waals surface area contributed by atoms with Crippen LogP contribution in [0.1, 0.15) is 156 Å². The molecule has 25 heteroatoms. The second kappa shape index (κ2) is 38.8. The number of likely N-dealkylation sites (N-methyl/N-ethyl adjacent to an activating group) is 7. The van der Waals surface area contributed by atoms with Crippen LogP contribution in [-0.2, 0) is 57.5 Å². The summed E-state index contributed by atoms with van der Waals surface area (Å²) in [5.74, 6) is -10.5. The Morgan fingerprint density at radius 2 is 0.935 bits per heavy atom. The van der Waals surface area contributed by atoms with Crippen molar-refractivity contribution < 1.29 is 62.6 Å². The fourth-order valence-electron chi connectivity index (χ4n) is 12.0. The number of ether oxygens (including phenoxy) is 1. The van der Waals surface area contributed by atoms with E-state index in [1.165, 1.54) is 99.7 Å². The van der Waals surface area contributed by atoms with Crippen LogP contribution in [0.15, 0.2) is 12.2 Å². The van der Waals surface area contributed by atoms with Gasteiger partial charge in [0.1, 0.15) is 66.5 Å². The summed E-state index contributed by atoms with van der Waals surface area (Å²) in [5, 5.41) is 23.4. The van der Waals surface area contributed by atoms with Crippen LogP contribution < -0.4 is 21.3 Å². The van der Waals surface area contributed by atoms with E-state index in [-0.39, 0.29) is 56.5 Å². The monoisotopic (exact) mass is 1300 g/mol. The third kappa shape index (κ3) is 23.4. The molecule has 0 aromatic heterocycles. The van der Waals surface area contributed by atoms with Crippen molar-refractivity contribution in [3.8, 4) is 0 Å². The topological polar surface area (TPSA) is 291 Å². The Labute approximate surface area is 551 Å². The summed E-state index contributed by atoms with van der Waals surface area (Å²) < 4.78 is 5.54. The molecule has 14 atom stereocenters. The number of hydrogen-bond acceptors (Lipinski definition) is 14. The number of allylic oxidation sites excluding steroid dienone is 2. The molecule has 0 spiro atoms. The molecule has 0 aromatic carbocycles. The standard InChI is InChI=1S/C67H122N12O13/c1-27-29-31-43(13)56(80)55-60(84)70-47(28-2)62(86)73(19)48(32-30-33-72(17)18)63(87)78(24)54(44(14)37-92-26)59(83)71-52(41(9)10)66(90)74(20)49(34-38(3)4)58(82)68-45(15)57(81)69-46(16)61(85)75(21)50(35-39(5)6)64(88)76(22)51(36-40(7)8)65(89)77(23)53(42(11)12)67(91)79(55)25/h27,29,38-56,80H,28,30-37H2,1-26H3,(H,68,82)(H,69,81)(H,70,84)(H,71,83)/b29-27+/t43-,44-,45+,46-,47+,48-,49+,50+,51+,52?,53?,54+,55+,56-/m1/s1. The van der Waals surface area contributed by atoms with Gasteiger partial charge in [-0.05, 0) is 122 Å². The third-order valence-corrected chi connectivity index (χ3v) is 17.7. The van der Waals surface area contributed by atoms with Gasteiger partial charge < -0.3 is 70.3 Å². The maximum absolute atomic E-state index is 15.3. The van der Waals surface area contributed by atoms with Crippen molar-refractivity contribution in [2.24, 2.45) is 41.4 Å². The van der Waals surface area contributed by atoms with Crippen LogP contribution in [0.5, 0.6) is 0 Å². The predicted molar refractivity (Wildman–Crippen MR) is 357 cm³/mol. The van der Waals surface area contributed by atoms with Gasteiger partial charge in [-0.1, -0.05) is 102 Å². The van der Waals surface area contributed by atoms with E-state index in [0.29, 0.717) is 19.4 Å². The van der Waals surface area contributed by atoms with Gasteiger partial charge in [0.15, 0.2) is 0 Å². The molecule has 0 bridgehead atoms. The Kier molecular flexibility index (Phi) is 35.4. The van der Waals surface area contributed by atoms with Crippen molar-refractivity contribution >= 4 is 65.0 Å². The van der Waals surface area contributed by atoms with Crippen LogP contribution in [0.25, 0.3) is 0 Å². The van der Waals surface area contributed by atoms with Crippen LogP contribution in [-0.4, -0.2) is 266 Å². The molecule has 0 radical (unpaired) electrons. The van der Waals surface area contributed by atoms with Gasteiger partial charge in [-0.25, -0.2) is 0 Å². The zero-order chi connectivity index (χ0) is 71.3. The molecule has 1 aliphatic rings. The van der Waals surface area contributed by atoms with Crippen molar-refractivity contribution in [1.82, 2.24) is 60.5 Å². The summed E-state index contributed by atoms with van der Waals surface area (Å²) in [5.41, 5.74) is 0. The Balaban J connectivity index is 4.56. The second-order valence-corrected chi connectivity index (χ2v) is 28.0. The number of aliphatic hydroxyl groups excluding tert-OH is 1. The average Bonchev–Trinajstić information content (AvgIpc) is 0.821. The molecular weight excluding hydrogens is 1180 g/mol. The van der Waals surface area contributed by atoms with Crippen LogP contribution in [0.2, 0.25) is 0 Å². The van der Waals surface area contributed by atoms with Gasteiger partial charge in [-0.3, -0.25) is 52.7 Å². The number of methoxy groups -OCH3 is 1. The van der Waals surface area contributed by atoms with Crippen LogP contribution >= 0.6 is 0 Å². The molecule has 0 aliphatic carbocycles. The Hall–Kier alpha value is -6.21. The van der Waals surface area contributed by atoms with Crippen molar-refractivity contribution in [3.05, 3.63) is 12.2 Å². The smallest absolute Gasteiger partial charge is 0.246 e. The van der Waals surface area contributed by atoms with Crippen LogP contribution in [0.4, 0.5) is 0 Å². The zero-order valence-corrected chi connectivity index (χ0v) is 60.9. The van der Waals surface area contributed by atoms with E-state index in [0.717, 1.165) is 4.90 Å². The first-order valence-corrected chi connectivity index (χ1v) is 33.1. The highest BCUT2D eigenvalue weighted by Gasteiger charge is 2.47. The average molecular weight is 1300 g/mol. The van der Waals surface area contributed by atoms with Gasteiger partial charge in [0.2, 0.25) is 65.0 Å². The molecule has 0 saturated carbocycles. The lowest BCUT2D eigenvalue weighted by molar-refractivity contribution is -0.157. The summed E-state index contributed by atoms with van der Waals surface area (Å²) in [6, 6.07) is -14.0. The number of nitrogens with zero attached hydrogens (tertiary/aromatic N) is 8. The first-order chi connectivity index (χ1) is 42.6. The molecule has 1 saturated heterocycles. The van der Waals surface area contributed by atoms with Gasteiger partial charge in [0, 0.05) is 62.4 Å². The van der Waals surface area contributed by atoms with Gasteiger partial charge in [0.05, 0.1) is 12.7 Å². The number of carbonyl (C=O) groups excluding carboxylic acids is 11.